The molecule has 40 heavy (non-hydrogen) atoms. The van der Waals surface area contributed by atoms with E-state index in [9.17, 15) is 4.79 Å². The molecule has 0 amide bonds. The van der Waals surface area contributed by atoms with Gasteiger partial charge < -0.3 is 18.7 Å². The van der Waals surface area contributed by atoms with Gasteiger partial charge in [-0.15, -0.1) is 0 Å². The molecule has 2 saturated heterocycles. The highest BCUT2D eigenvalue weighted by atomic mass is 32.2. The van der Waals surface area contributed by atoms with Gasteiger partial charge >= 0.3 is 0 Å². The second-order valence-electron chi connectivity index (χ2n) is 9.82. The van der Waals surface area contributed by atoms with Crippen LogP contribution in [0.2, 0.25) is 0 Å². The fraction of sp³-hybridized carbons (Fsp3) is 0.519. The van der Waals surface area contributed by atoms with Gasteiger partial charge in [0.15, 0.2) is 17.0 Å². The molecule has 2 aliphatic rings. The van der Waals surface area contributed by atoms with Crippen molar-refractivity contribution >= 4 is 48.2 Å². The van der Waals surface area contributed by atoms with Crippen LogP contribution in [-0.4, -0.2) is 91.8 Å². The highest BCUT2D eigenvalue weighted by Gasteiger charge is 2.39. The summed E-state index contributed by atoms with van der Waals surface area (Å²) >= 11 is 1.25. The van der Waals surface area contributed by atoms with Gasteiger partial charge in [-0.1, -0.05) is 42.1 Å². The molecular weight excluding hydrogens is 549 g/mol. The zero-order valence-electron chi connectivity index (χ0n) is 24.0. The first-order chi connectivity index (χ1) is 19.9. The molecule has 0 bridgehead atoms. The minimum atomic E-state index is -1.35. The van der Waals surface area contributed by atoms with Crippen molar-refractivity contribution in [3.63, 3.8) is 0 Å². The van der Waals surface area contributed by atoms with Crippen LogP contribution in [0, 0.1) is 0 Å². The Balaban J connectivity index is 1.25. The van der Waals surface area contributed by atoms with Crippen molar-refractivity contribution in [3.8, 4) is 0 Å². The van der Waals surface area contributed by atoms with E-state index < -0.39 is 20.9 Å². The molecule has 0 saturated carbocycles. The Morgan fingerprint density at radius 1 is 1.25 bits per heavy atom. The minimum Gasteiger partial charge on any atom is -0.366 e. The van der Waals surface area contributed by atoms with Crippen LogP contribution < -0.4 is 0 Å². The monoisotopic (exact) mass is 586 g/mol. The van der Waals surface area contributed by atoms with Crippen LogP contribution in [-0.2, 0) is 13.8 Å². The van der Waals surface area contributed by atoms with Crippen LogP contribution in [0.5, 0.6) is 0 Å². The van der Waals surface area contributed by atoms with Crippen molar-refractivity contribution in [2.75, 3.05) is 39.5 Å². The van der Waals surface area contributed by atoms with Gasteiger partial charge in [0.1, 0.15) is 18.4 Å². The smallest absolute Gasteiger partial charge is 0.259 e. The lowest BCUT2D eigenvalue weighted by atomic mass is 10.2. The number of hydrogen-bond acceptors (Lipinski definition) is 10. The topological polar surface area (TPSA) is 107 Å². The first-order valence-electron chi connectivity index (χ1n) is 14.1. The standard InChI is InChI=1S/C27H36N7O4PS/c1-19-22(16-23(37-19)34-18-30-24-25(28-17-29-26(24)34)31-20(2)32(3)4)38-39(33-12-8-9-13-33)36-14-15-40-27(35)21-10-6-5-7-11-21/h5-7,10-11,17-19,22-23H,8-9,12-16H2,1-4H3/t19-,22?,23-,39?/m1/s1/i1D. The summed E-state index contributed by atoms with van der Waals surface area (Å²) in [7, 11) is 2.50. The zero-order chi connectivity index (χ0) is 28.8. The number of carbonyl (C=O) groups excluding carboxylic acids is 1. The average Bonchev–Trinajstić information content (AvgIpc) is 3.75. The Morgan fingerprint density at radius 2 is 2.05 bits per heavy atom. The average molecular weight is 587 g/mol. The number of aromatic nitrogens is 4. The van der Waals surface area contributed by atoms with Crippen LogP contribution in [0.25, 0.3) is 11.2 Å². The Bertz CT molecular complexity index is 1340. The molecule has 0 spiro atoms. The maximum Gasteiger partial charge on any atom is 0.259 e. The summed E-state index contributed by atoms with van der Waals surface area (Å²) < 4.78 is 31.4. The molecular formula is C27H36N7O4PS. The molecule has 214 valence electrons. The van der Waals surface area contributed by atoms with Crippen molar-refractivity contribution in [2.45, 2.75) is 51.5 Å². The summed E-state index contributed by atoms with van der Waals surface area (Å²) in [6.07, 6.45) is 4.76. The van der Waals surface area contributed by atoms with Crippen LogP contribution in [0.15, 0.2) is 48.0 Å². The number of thioether (sulfide) groups is 1. The summed E-state index contributed by atoms with van der Waals surface area (Å²) in [4.78, 5) is 32.3. The largest absolute Gasteiger partial charge is 0.366 e. The third kappa shape index (κ3) is 6.87. The van der Waals surface area contributed by atoms with Crippen molar-refractivity contribution in [3.05, 3.63) is 48.5 Å². The number of amidine groups is 1. The first-order valence-corrected chi connectivity index (χ1v) is 15.5. The SMILES string of the molecule is [2H]C[C@H]1O[C@@H](n2cnc3c(N=C(C)N(C)C)ncnc32)CC1OP(OCCSC(=O)c1ccccc1)N1CCCC1. The van der Waals surface area contributed by atoms with Crippen LogP contribution in [0.4, 0.5) is 5.82 Å². The van der Waals surface area contributed by atoms with Crippen LogP contribution in [0.3, 0.4) is 0 Å². The quantitative estimate of drug-likeness (QED) is 0.139. The third-order valence-corrected chi connectivity index (χ3v) is 9.40. The number of fused-ring (bicyclic) bond motifs is 1. The summed E-state index contributed by atoms with van der Waals surface area (Å²) in [5, 5.41) is 0.0315. The van der Waals surface area contributed by atoms with E-state index in [-0.39, 0.29) is 18.1 Å². The minimum absolute atomic E-state index is 0.0315. The number of imidazole rings is 1. The second-order valence-corrected chi connectivity index (χ2v) is 12.4. The van der Waals surface area contributed by atoms with E-state index in [1.807, 2.05) is 60.8 Å². The number of ether oxygens (including phenoxy) is 1. The molecule has 0 aliphatic carbocycles. The van der Waals surface area contributed by atoms with Gasteiger partial charge in [-0.3, -0.25) is 9.36 Å². The summed E-state index contributed by atoms with van der Waals surface area (Å²) in [5.74, 6) is 1.84. The third-order valence-electron chi connectivity index (χ3n) is 6.81. The molecule has 2 aromatic heterocycles. The number of nitrogens with zero attached hydrogens (tertiary/aromatic N) is 7. The van der Waals surface area contributed by atoms with Crippen molar-refractivity contribution in [1.82, 2.24) is 29.1 Å². The van der Waals surface area contributed by atoms with Gasteiger partial charge in [-0.05, 0) is 26.7 Å². The molecule has 1 aromatic carbocycles. The van der Waals surface area contributed by atoms with Gasteiger partial charge in [-0.2, -0.15) is 0 Å². The lowest BCUT2D eigenvalue weighted by Crippen LogP contribution is -2.25. The molecule has 11 nitrogen and oxygen atoms in total. The molecule has 2 unspecified atom stereocenters. The summed E-state index contributed by atoms with van der Waals surface area (Å²) in [6.45, 7) is 4.18. The molecule has 4 heterocycles. The van der Waals surface area contributed by atoms with Gasteiger partial charge in [0.05, 0.1) is 25.1 Å². The molecule has 13 heteroatoms. The predicted octanol–water partition coefficient (Wildman–Crippen LogP) is 5.04. The number of aliphatic imine (C=N–C) groups is 1. The van der Waals surface area contributed by atoms with E-state index in [1.54, 1.807) is 6.33 Å². The highest BCUT2D eigenvalue weighted by molar-refractivity contribution is 8.14. The Kier molecular flexibility index (Phi) is 9.32. The van der Waals surface area contributed by atoms with Gasteiger partial charge in [-0.25, -0.2) is 24.6 Å². The lowest BCUT2D eigenvalue weighted by molar-refractivity contribution is -0.00405. The molecule has 4 atom stereocenters. The second kappa shape index (κ2) is 13.5. The first kappa shape index (κ1) is 27.7. The Hall–Kier alpha value is -2.47. The van der Waals surface area contributed by atoms with Crippen LogP contribution in [0.1, 0.15) is 51.0 Å². The maximum atomic E-state index is 12.5. The van der Waals surface area contributed by atoms with E-state index in [1.165, 1.54) is 18.1 Å². The number of hydrogen-bond donors (Lipinski definition) is 0. The van der Waals surface area contributed by atoms with Crippen LogP contribution >= 0.6 is 20.3 Å². The number of rotatable bonds is 10. The van der Waals surface area contributed by atoms with E-state index in [0.717, 1.165) is 31.8 Å². The van der Waals surface area contributed by atoms with Gasteiger partial charge in [0.2, 0.25) is 5.12 Å². The van der Waals surface area contributed by atoms with Crippen molar-refractivity contribution in [2.24, 2.45) is 4.99 Å². The molecule has 5 rings (SSSR count). The van der Waals surface area contributed by atoms with E-state index in [4.69, 9.17) is 15.2 Å². The van der Waals surface area contributed by atoms with E-state index in [0.29, 0.717) is 41.3 Å². The van der Waals surface area contributed by atoms with Gasteiger partial charge in [0, 0.05) is 46.3 Å². The van der Waals surface area contributed by atoms with E-state index in [2.05, 4.69) is 24.6 Å². The Labute approximate surface area is 241 Å². The lowest BCUT2D eigenvalue weighted by Gasteiger charge is -2.28. The number of carbonyl (C=O) groups is 1. The molecule has 2 fully saturated rings. The molecule has 3 aromatic rings. The van der Waals surface area contributed by atoms with Crippen molar-refractivity contribution < 1.29 is 19.9 Å². The molecule has 2 aliphatic heterocycles. The summed E-state index contributed by atoms with van der Waals surface area (Å²) in [5.41, 5.74) is 1.90. The summed E-state index contributed by atoms with van der Waals surface area (Å²) in [6, 6.07) is 9.27. The van der Waals surface area contributed by atoms with Gasteiger partial charge in [0.25, 0.3) is 8.53 Å². The number of benzene rings is 1. The zero-order valence-corrected chi connectivity index (χ0v) is 24.8. The predicted molar refractivity (Wildman–Crippen MR) is 158 cm³/mol. The Morgan fingerprint density at radius 3 is 2.80 bits per heavy atom. The molecule has 0 N–H and O–H groups in total. The fourth-order valence-corrected chi connectivity index (χ4v) is 6.88. The van der Waals surface area contributed by atoms with Crippen molar-refractivity contribution in [1.29, 1.82) is 0 Å². The normalized spacial score (nSPS) is 23.0. The highest BCUT2D eigenvalue weighted by Crippen LogP contribution is 2.49. The fourth-order valence-electron chi connectivity index (χ4n) is 4.44. The maximum absolute atomic E-state index is 12.5. The van der Waals surface area contributed by atoms with E-state index >= 15 is 0 Å². The molecule has 0 radical (unpaired) electrons.